The first-order valence-electron chi connectivity index (χ1n) is 11.3. The van der Waals surface area contributed by atoms with Gasteiger partial charge < -0.3 is 24.0 Å². The fourth-order valence-electron chi connectivity index (χ4n) is 3.86. The van der Waals surface area contributed by atoms with Crippen molar-refractivity contribution < 1.29 is 19.4 Å². The predicted molar refractivity (Wildman–Crippen MR) is 133 cm³/mol. The summed E-state index contributed by atoms with van der Waals surface area (Å²) < 4.78 is 14.1. The molecule has 1 saturated carbocycles. The van der Waals surface area contributed by atoms with E-state index >= 15 is 0 Å². The molecule has 0 unspecified atom stereocenters. The summed E-state index contributed by atoms with van der Waals surface area (Å²) in [6, 6.07) is 4.84. The Labute approximate surface area is 204 Å². The molecule has 0 bridgehead atoms. The van der Waals surface area contributed by atoms with Crippen molar-refractivity contribution in [3.05, 3.63) is 36.0 Å². The third-order valence-corrected chi connectivity index (χ3v) is 7.93. The van der Waals surface area contributed by atoms with E-state index in [4.69, 9.17) is 21.1 Å². The van der Waals surface area contributed by atoms with Gasteiger partial charge >= 0.3 is 6.09 Å². The molecule has 4 rings (SSSR count). The van der Waals surface area contributed by atoms with Gasteiger partial charge in [0.05, 0.1) is 5.39 Å². The Kier molecular flexibility index (Phi) is 7.11. The zero-order valence-electron chi connectivity index (χ0n) is 19.9. The summed E-state index contributed by atoms with van der Waals surface area (Å²) in [5, 5.41) is 10.0. The minimum absolute atomic E-state index is 0.0718. The van der Waals surface area contributed by atoms with Crippen molar-refractivity contribution >= 4 is 36.8 Å². The van der Waals surface area contributed by atoms with E-state index in [2.05, 4.69) is 34.6 Å². The Morgan fingerprint density at radius 3 is 2.74 bits per heavy atom. The van der Waals surface area contributed by atoms with Gasteiger partial charge in [-0.2, -0.15) is 9.97 Å². The molecule has 3 aromatic rings. The van der Waals surface area contributed by atoms with Gasteiger partial charge in [0.15, 0.2) is 5.65 Å². The van der Waals surface area contributed by atoms with E-state index in [-0.39, 0.29) is 17.4 Å². The second-order valence-corrected chi connectivity index (χ2v) is 15.8. The normalized spacial score (nSPS) is 18.0. The van der Waals surface area contributed by atoms with Crippen LogP contribution < -0.4 is 4.74 Å². The molecule has 11 heteroatoms. The smallest absolute Gasteiger partial charge is 0.407 e. The first-order valence-corrected chi connectivity index (χ1v) is 15.4. The molecule has 34 heavy (non-hydrogen) atoms. The van der Waals surface area contributed by atoms with Gasteiger partial charge in [0.1, 0.15) is 12.8 Å². The summed E-state index contributed by atoms with van der Waals surface area (Å²) in [5.41, 5.74) is 2.41. The minimum atomic E-state index is -1.20. The van der Waals surface area contributed by atoms with Gasteiger partial charge in [-0.05, 0) is 23.7 Å². The number of pyridine rings is 1. The lowest BCUT2D eigenvalue weighted by Crippen LogP contribution is -2.49. The van der Waals surface area contributed by atoms with Crippen molar-refractivity contribution in [2.24, 2.45) is 0 Å². The summed E-state index contributed by atoms with van der Waals surface area (Å²) in [4.78, 5) is 25.7. The third-order valence-electron chi connectivity index (χ3n) is 6.05. The van der Waals surface area contributed by atoms with Crippen LogP contribution in [0.1, 0.15) is 12.8 Å². The van der Waals surface area contributed by atoms with Crippen LogP contribution in [0.3, 0.4) is 0 Å². The number of amides is 1. The molecule has 9 nitrogen and oxygen atoms in total. The van der Waals surface area contributed by atoms with Crippen LogP contribution in [0.5, 0.6) is 5.88 Å². The molecule has 0 spiro atoms. The summed E-state index contributed by atoms with van der Waals surface area (Å²) in [6.45, 7) is 7.97. The van der Waals surface area contributed by atoms with E-state index < -0.39 is 14.2 Å². The van der Waals surface area contributed by atoms with E-state index in [0.29, 0.717) is 37.7 Å². The lowest BCUT2D eigenvalue weighted by atomic mass is 9.88. The van der Waals surface area contributed by atoms with Crippen LogP contribution in [-0.2, 0) is 11.5 Å². The zero-order valence-corrected chi connectivity index (χ0v) is 21.6. The summed E-state index contributed by atoms with van der Waals surface area (Å²) >= 11 is 6.29. The Morgan fingerprint density at radius 1 is 1.32 bits per heavy atom. The van der Waals surface area contributed by atoms with Crippen molar-refractivity contribution in [1.82, 2.24) is 24.4 Å². The van der Waals surface area contributed by atoms with Gasteiger partial charge in [0.2, 0.25) is 11.2 Å². The molecule has 0 aromatic carbocycles. The number of hydrogen-bond acceptors (Lipinski definition) is 6. The van der Waals surface area contributed by atoms with E-state index in [9.17, 15) is 9.90 Å². The Morgan fingerprint density at radius 2 is 2.09 bits per heavy atom. The lowest BCUT2D eigenvalue weighted by Gasteiger charge is -2.39. The molecule has 1 N–H and O–H groups in total. The number of fused-ring (bicyclic) bond motifs is 1. The highest BCUT2D eigenvalue weighted by atomic mass is 35.5. The highest BCUT2D eigenvalue weighted by molar-refractivity contribution is 6.76. The number of hydrogen-bond donors (Lipinski definition) is 1. The molecule has 0 aliphatic heterocycles. The lowest BCUT2D eigenvalue weighted by molar-refractivity contribution is 0.0304. The molecule has 1 aliphatic carbocycles. The molecule has 0 radical (unpaired) electrons. The number of aromatic nitrogens is 4. The van der Waals surface area contributed by atoms with E-state index in [1.807, 2.05) is 22.9 Å². The van der Waals surface area contributed by atoms with Gasteiger partial charge in [0, 0.05) is 70.3 Å². The molecule has 0 saturated heterocycles. The van der Waals surface area contributed by atoms with Crippen molar-refractivity contribution in [1.29, 1.82) is 0 Å². The molecule has 1 aliphatic rings. The van der Waals surface area contributed by atoms with E-state index in [0.717, 1.165) is 22.6 Å². The largest absolute Gasteiger partial charge is 0.474 e. The predicted octanol–water partition coefficient (Wildman–Crippen LogP) is 4.98. The van der Waals surface area contributed by atoms with Crippen LogP contribution in [0, 0.1) is 0 Å². The van der Waals surface area contributed by atoms with E-state index in [1.54, 1.807) is 19.4 Å². The standard InChI is InChI=1S/C23H30ClN5O4Si/c1-28(23(30)31)16-10-17(11-16)33-21-19-18(15-6-5-7-25-12-15)13-29(20(19)26-22(24)27-21)14-32-8-9-34(2,3)4/h5-7,12-13,16-17H,8-11,14H2,1-4H3,(H,30,31). The SMILES string of the molecule is CN(C(=O)O)C1CC(Oc2nc(Cl)nc3c2c(-c2cccnc2)cn3COCC[Si](C)(C)C)C1. The minimum Gasteiger partial charge on any atom is -0.474 e. The molecule has 0 atom stereocenters. The fraction of sp³-hybridized carbons (Fsp3) is 0.478. The monoisotopic (exact) mass is 503 g/mol. The fourth-order valence-corrected chi connectivity index (χ4v) is 4.77. The van der Waals surface area contributed by atoms with Crippen molar-refractivity contribution in [3.8, 4) is 17.0 Å². The Hall–Kier alpha value is -2.69. The van der Waals surface area contributed by atoms with Crippen molar-refractivity contribution in [2.75, 3.05) is 13.7 Å². The van der Waals surface area contributed by atoms with Crippen LogP contribution in [0.15, 0.2) is 30.7 Å². The zero-order chi connectivity index (χ0) is 24.5. The maximum Gasteiger partial charge on any atom is 0.407 e. The molecule has 1 fully saturated rings. The van der Waals surface area contributed by atoms with Crippen LogP contribution in [-0.4, -0.2) is 69.5 Å². The summed E-state index contributed by atoms with van der Waals surface area (Å²) in [5.74, 6) is 0.385. The third kappa shape index (κ3) is 5.51. The first-order chi connectivity index (χ1) is 16.1. The molecule has 182 valence electrons. The number of ether oxygens (including phenoxy) is 2. The Balaban J connectivity index is 1.63. The summed E-state index contributed by atoms with van der Waals surface area (Å²) in [7, 11) is 0.374. The average Bonchev–Trinajstić information content (AvgIpc) is 3.11. The van der Waals surface area contributed by atoms with Crippen LogP contribution in [0.2, 0.25) is 31.0 Å². The van der Waals surface area contributed by atoms with Crippen LogP contribution in [0.4, 0.5) is 4.79 Å². The average molecular weight is 504 g/mol. The van der Waals surface area contributed by atoms with Gasteiger partial charge in [-0.1, -0.05) is 25.7 Å². The molecule has 1 amide bonds. The quantitative estimate of drug-likeness (QED) is 0.249. The highest BCUT2D eigenvalue weighted by Gasteiger charge is 2.36. The van der Waals surface area contributed by atoms with Crippen LogP contribution in [0.25, 0.3) is 22.2 Å². The highest BCUT2D eigenvalue weighted by Crippen LogP contribution is 2.38. The van der Waals surface area contributed by atoms with Crippen molar-refractivity contribution in [3.63, 3.8) is 0 Å². The maximum atomic E-state index is 11.2. The Bertz CT molecular complexity index is 1160. The van der Waals surface area contributed by atoms with Gasteiger partial charge in [-0.25, -0.2) is 4.79 Å². The molecule has 3 heterocycles. The number of halogens is 1. The molecular weight excluding hydrogens is 474 g/mol. The molecular formula is C23H30ClN5O4Si. The topological polar surface area (TPSA) is 103 Å². The number of nitrogens with zero attached hydrogens (tertiary/aromatic N) is 5. The number of carbonyl (C=O) groups is 1. The second-order valence-electron chi connectivity index (χ2n) is 9.86. The molecule has 3 aromatic heterocycles. The first kappa shape index (κ1) is 24.4. The van der Waals surface area contributed by atoms with E-state index in [1.165, 1.54) is 4.90 Å². The van der Waals surface area contributed by atoms with Gasteiger partial charge in [-0.3, -0.25) is 4.98 Å². The van der Waals surface area contributed by atoms with Gasteiger partial charge in [0.25, 0.3) is 0 Å². The van der Waals surface area contributed by atoms with Crippen molar-refractivity contribution in [2.45, 2.75) is 57.4 Å². The maximum absolute atomic E-state index is 11.2. The second kappa shape index (κ2) is 9.89. The van der Waals surface area contributed by atoms with Gasteiger partial charge in [-0.15, -0.1) is 0 Å². The number of rotatable bonds is 9. The van der Waals surface area contributed by atoms with Crippen LogP contribution >= 0.6 is 11.6 Å². The number of carboxylic acid groups (broad SMARTS) is 1. The summed E-state index contributed by atoms with van der Waals surface area (Å²) in [6.07, 6.45) is 5.56.